The lowest BCUT2D eigenvalue weighted by atomic mass is 9.94. The number of hydrogen-bond donors (Lipinski definition) is 1. The third-order valence-corrected chi connectivity index (χ3v) is 4.65. The van der Waals surface area contributed by atoms with E-state index in [0.29, 0.717) is 19.0 Å². The molecule has 0 saturated heterocycles. The zero-order valence-corrected chi connectivity index (χ0v) is 14.3. The lowest BCUT2D eigenvalue weighted by Gasteiger charge is -2.33. The van der Waals surface area contributed by atoms with Crippen molar-refractivity contribution < 1.29 is 9.59 Å². The summed E-state index contributed by atoms with van der Waals surface area (Å²) in [5.74, 6) is 0.0494. The maximum Gasteiger partial charge on any atom is 0.226 e. The summed E-state index contributed by atoms with van der Waals surface area (Å²) in [7, 11) is 0. The van der Waals surface area contributed by atoms with Crippen molar-refractivity contribution >= 4 is 17.5 Å². The quantitative estimate of drug-likeness (QED) is 0.868. The van der Waals surface area contributed by atoms with Crippen molar-refractivity contribution in [2.24, 2.45) is 0 Å². The van der Waals surface area contributed by atoms with Crippen molar-refractivity contribution in [2.75, 3.05) is 11.9 Å². The lowest BCUT2D eigenvalue weighted by Crippen LogP contribution is -2.41. The van der Waals surface area contributed by atoms with E-state index in [0.717, 1.165) is 24.9 Å². The predicted octanol–water partition coefficient (Wildman–Crippen LogP) is 3.76. The first kappa shape index (κ1) is 17.5. The van der Waals surface area contributed by atoms with Crippen molar-refractivity contribution in [2.45, 2.75) is 64.8 Å². The van der Waals surface area contributed by atoms with Crippen LogP contribution in [0.15, 0.2) is 24.3 Å². The third kappa shape index (κ3) is 5.38. The van der Waals surface area contributed by atoms with E-state index in [1.54, 1.807) is 6.92 Å². The Morgan fingerprint density at radius 2 is 1.78 bits per heavy atom. The first-order valence-corrected chi connectivity index (χ1v) is 8.76. The van der Waals surface area contributed by atoms with Crippen molar-refractivity contribution in [3.05, 3.63) is 29.8 Å². The molecule has 0 spiro atoms. The van der Waals surface area contributed by atoms with Gasteiger partial charge < -0.3 is 10.2 Å². The summed E-state index contributed by atoms with van der Waals surface area (Å²) in [5.41, 5.74) is 2.07. The van der Waals surface area contributed by atoms with E-state index >= 15 is 0 Å². The summed E-state index contributed by atoms with van der Waals surface area (Å²) < 4.78 is 0. The molecule has 0 unspecified atom stereocenters. The Kier molecular flexibility index (Phi) is 6.63. The lowest BCUT2D eigenvalue weighted by molar-refractivity contribution is -0.132. The largest absolute Gasteiger partial charge is 0.339 e. The Balaban J connectivity index is 1.84. The summed E-state index contributed by atoms with van der Waals surface area (Å²) in [6, 6.07) is 8.23. The maximum atomic E-state index is 12.1. The molecular weight excluding hydrogens is 288 g/mol. The van der Waals surface area contributed by atoms with E-state index in [4.69, 9.17) is 0 Å². The molecule has 4 nitrogen and oxygen atoms in total. The highest BCUT2D eigenvalue weighted by molar-refractivity contribution is 5.91. The van der Waals surface area contributed by atoms with Gasteiger partial charge in [0.2, 0.25) is 11.8 Å². The second-order valence-electron chi connectivity index (χ2n) is 6.35. The fourth-order valence-corrected chi connectivity index (χ4v) is 3.26. The molecule has 23 heavy (non-hydrogen) atoms. The molecule has 4 heteroatoms. The highest BCUT2D eigenvalue weighted by atomic mass is 16.2. The number of carbonyl (C=O) groups excluding carboxylic acids is 2. The van der Waals surface area contributed by atoms with Gasteiger partial charge in [-0.3, -0.25) is 9.59 Å². The molecule has 1 saturated carbocycles. The van der Waals surface area contributed by atoms with Gasteiger partial charge in [-0.1, -0.05) is 38.3 Å². The van der Waals surface area contributed by atoms with Crippen LogP contribution in [0.3, 0.4) is 0 Å². The van der Waals surface area contributed by atoms with Gasteiger partial charge in [-0.25, -0.2) is 0 Å². The Bertz CT molecular complexity index is 519. The van der Waals surface area contributed by atoms with Crippen LogP contribution in [0.4, 0.5) is 5.69 Å². The van der Waals surface area contributed by atoms with Crippen LogP contribution in [-0.2, 0) is 16.0 Å². The molecule has 2 rings (SSSR count). The third-order valence-electron chi connectivity index (χ3n) is 4.65. The molecule has 1 aliphatic rings. The van der Waals surface area contributed by atoms with Crippen LogP contribution in [-0.4, -0.2) is 29.3 Å². The van der Waals surface area contributed by atoms with E-state index < -0.39 is 0 Å². The van der Waals surface area contributed by atoms with Crippen molar-refractivity contribution in [1.82, 2.24) is 4.90 Å². The molecule has 1 aromatic rings. The highest BCUT2D eigenvalue weighted by Gasteiger charge is 2.23. The van der Waals surface area contributed by atoms with Gasteiger partial charge in [-0.05, 0) is 37.0 Å². The van der Waals surface area contributed by atoms with Crippen LogP contribution in [0.25, 0.3) is 0 Å². The second kappa shape index (κ2) is 8.70. The Hall–Kier alpha value is -1.84. The van der Waals surface area contributed by atoms with Gasteiger partial charge in [0, 0.05) is 31.6 Å². The normalized spacial score (nSPS) is 15.2. The molecule has 0 atom stereocenters. The zero-order chi connectivity index (χ0) is 16.7. The van der Waals surface area contributed by atoms with E-state index in [1.165, 1.54) is 24.8 Å². The average Bonchev–Trinajstić information content (AvgIpc) is 2.56. The van der Waals surface area contributed by atoms with E-state index in [2.05, 4.69) is 12.2 Å². The number of aryl methyl sites for hydroxylation is 1. The fraction of sp³-hybridized carbons (Fsp3) is 0.579. The topological polar surface area (TPSA) is 49.4 Å². The molecule has 0 radical (unpaired) electrons. The molecule has 0 aliphatic heterocycles. The number of nitrogens with one attached hydrogen (secondary N) is 1. The van der Waals surface area contributed by atoms with Gasteiger partial charge in [0.25, 0.3) is 0 Å². The minimum absolute atomic E-state index is 0.0312. The van der Waals surface area contributed by atoms with Crippen molar-refractivity contribution in [3.8, 4) is 0 Å². The van der Waals surface area contributed by atoms with Gasteiger partial charge in [0.15, 0.2) is 0 Å². The molecule has 1 fully saturated rings. The number of rotatable bonds is 6. The van der Waals surface area contributed by atoms with Crippen LogP contribution < -0.4 is 5.32 Å². The van der Waals surface area contributed by atoms with Crippen LogP contribution in [0.2, 0.25) is 0 Å². The van der Waals surface area contributed by atoms with Gasteiger partial charge in [-0.2, -0.15) is 0 Å². The molecule has 2 amide bonds. The Labute approximate surface area is 139 Å². The first-order chi connectivity index (χ1) is 11.1. The van der Waals surface area contributed by atoms with Gasteiger partial charge in [0.05, 0.1) is 0 Å². The Morgan fingerprint density at radius 1 is 1.13 bits per heavy atom. The molecule has 126 valence electrons. The van der Waals surface area contributed by atoms with Gasteiger partial charge >= 0.3 is 0 Å². The van der Waals surface area contributed by atoms with E-state index in [1.807, 2.05) is 29.2 Å². The van der Waals surface area contributed by atoms with Crippen LogP contribution in [0.1, 0.15) is 57.9 Å². The summed E-state index contributed by atoms with van der Waals surface area (Å²) in [4.78, 5) is 25.9. The smallest absolute Gasteiger partial charge is 0.226 e. The van der Waals surface area contributed by atoms with Gasteiger partial charge in [-0.15, -0.1) is 0 Å². The molecule has 0 aromatic heterocycles. The molecule has 1 N–H and O–H groups in total. The minimum atomic E-state index is -0.0312. The average molecular weight is 316 g/mol. The van der Waals surface area contributed by atoms with Crippen molar-refractivity contribution in [3.63, 3.8) is 0 Å². The fourth-order valence-electron chi connectivity index (χ4n) is 3.26. The van der Waals surface area contributed by atoms with Crippen molar-refractivity contribution in [1.29, 1.82) is 0 Å². The molecular formula is C19H28N2O2. The second-order valence-corrected chi connectivity index (χ2v) is 6.35. The molecule has 1 aliphatic carbocycles. The highest BCUT2D eigenvalue weighted by Crippen LogP contribution is 2.23. The first-order valence-electron chi connectivity index (χ1n) is 8.76. The minimum Gasteiger partial charge on any atom is -0.339 e. The van der Waals surface area contributed by atoms with Crippen LogP contribution >= 0.6 is 0 Å². The number of carbonyl (C=O) groups is 2. The number of benzene rings is 1. The predicted molar refractivity (Wildman–Crippen MR) is 93.3 cm³/mol. The molecule has 0 heterocycles. The van der Waals surface area contributed by atoms with Crippen LogP contribution in [0.5, 0.6) is 0 Å². The summed E-state index contributed by atoms with van der Waals surface area (Å²) in [6.07, 6.45) is 7.11. The zero-order valence-electron chi connectivity index (χ0n) is 14.3. The summed E-state index contributed by atoms with van der Waals surface area (Å²) >= 11 is 0. The number of anilines is 1. The number of hydrogen-bond acceptors (Lipinski definition) is 2. The SMILES string of the molecule is CCc1ccc(NC(=O)CCN(C(C)=O)C2CCCCC2)cc1. The number of amides is 2. The maximum absolute atomic E-state index is 12.1. The summed E-state index contributed by atoms with van der Waals surface area (Å²) in [5, 5.41) is 2.91. The summed E-state index contributed by atoms with van der Waals surface area (Å²) in [6.45, 7) is 4.23. The standard InChI is InChI=1S/C19H28N2O2/c1-3-16-9-11-17(12-10-16)20-19(23)13-14-21(15(2)22)18-7-5-4-6-8-18/h9-12,18H,3-8,13-14H2,1-2H3,(H,20,23). The Morgan fingerprint density at radius 3 is 2.35 bits per heavy atom. The van der Waals surface area contributed by atoms with Gasteiger partial charge in [0.1, 0.15) is 0 Å². The molecule has 1 aromatic carbocycles. The molecule has 0 bridgehead atoms. The van der Waals surface area contributed by atoms with Crippen LogP contribution in [0, 0.1) is 0 Å². The monoisotopic (exact) mass is 316 g/mol. The van der Waals surface area contributed by atoms with E-state index in [9.17, 15) is 9.59 Å². The van der Waals surface area contributed by atoms with E-state index in [-0.39, 0.29) is 11.8 Å². The number of nitrogens with zero attached hydrogens (tertiary/aromatic N) is 1.